The summed E-state index contributed by atoms with van der Waals surface area (Å²) in [4.78, 5) is 27.8. The van der Waals surface area contributed by atoms with Crippen molar-refractivity contribution in [3.8, 4) is 17.2 Å². The van der Waals surface area contributed by atoms with Crippen LogP contribution < -0.4 is 14.8 Å². The Morgan fingerprint density at radius 2 is 1.55 bits per heavy atom. The summed E-state index contributed by atoms with van der Waals surface area (Å²) >= 11 is 0. The van der Waals surface area contributed by atoms with Crippen LogP contribution in [-0.4, -0.2) is 29.6 Å². The fourth-order valence-corrected chi connectivity index (χ4v) is 5.66. The molecule has 3 aromatic carbocycles. The van der Waals surface area contributed by atoms with Crippen LogP contribution >= 0.6 is 0 Å². The van der Waals surface area contributed by atoms with Crippen molar-refractivity contribution in [2.24, 2.45) is 0 Å². The lowest BCUT2D eigenvalue weighted by molar-refractivity contribution is -0.144. The number of phenols is 1. The second-order valence-electron chi connectivity index (χ2n) is 12.7. The number of hydrogen-bond acceptors (Lipinski definition) is 5. The van der Waals surface area contributed by atoms with E-state index in [2.05, 4.69) is 46.9 Å². The Balaban J connectivity index is 1.99. The number of nitrogens with one attached hydrogen (secondary N) is 1. The second kappa shape index (κ2) is 10.6. The summed E-state index contributed by atoms with van der Waals surface area (Å²) < 4.78 is 11.2. The van der Waals surface area contributed by atoms with Gasteiger partial charge in [-0.2, -0.15) is 0 Å². The smallest absolute Gasteiger partial charge is 0.338 e. The molecule has 212 valence electrons. The van der Waals surface area contributed by atoms with Gasteiger partial charge in [0.1, 0.15) is 22.8 Å². The molecule has 0 aliphatic carbocycles. The maximum absolute atomic E-state index is 14.0. The Morgan fingerprint density at radius 3 is 2.08 bits per heavy atom. The minimum Gasteiger partial charge on any atom is -0.507 e. The zero-order valence-corrected chi connectivity index (χ0v) is 24.8. The van der Waals surface area contributed by atoms with Crippen molar-refractivity contribution < 1.29 is 24.2 Å². The molecule has 3 aromatic rings. The zero-order chi connectivity index (χ0) is 29.5. The van der Waals surface area contributed by atoms with E-state index in [1.165, 1.54) is 0 Å². The van der Waals surface area contributed by atoms with Crippen LogP contribution in [0.25, 0.3) is 0 Å². The summed E-state index contributed by atoms with van der Waals surface area (Å²) in [5, 5.41) is 14.6. The fourth-order valence-electron chi connectivity index (χ4n) is 5.66. The Morgan fingerprint density at radius 1 is 0.975 bits per heavy atom. The largest absolute Gasteiger partial charge is 0.507 e. The third-order valence-corrected chi connectivity index (χ3v) is 7.70. The van der Waals surface area contributed by atoms with Crippen LogP contribution in [0.3, 0.4) is 0 Å². The van der Waals surface area contributed by atoms with Gasteiger partial charge in [0.05, 0.1) is 7.11 Å². The Kier molecular flexibility index (Phi) is 7.77. The first kappa shape index (κ1) is 29.2. The first-order valence-corrected chi connectivity index (χ1v) is 13.9. The van der Waals surface area contributed by atoms with Crippen LogP contribution in [-0.2, 0) is 15.6 Å². The number of ether oxygens (including phenoxy) is 2. The molecule has 0 unspecified atom stereocenters. The standard InChI is InChI=1S/C34H41NO5/c1-9-18-34(35-30(37)21-14-16-23(39-8)17-15-21)28(24-12-10-11-13-27(24)40-31(34)38)22-19-25(32(2,3)4)29(36)26(20-22)33(5,6)7/h10-17,19-20,28,36H,9,18H2,1-8H3,(H,35,37)/t28-,34+/m0/s1. The number of methoxy groups -OCH3 is 1. The first-order chi connectivity index (χ1) is 18.7. The summed E-state index contributed by atoms with van der Waals surface area (Å²) in [5.41, 5.74) is 1.55. The lowest BCUT2D eigenvalue weighted by Gasteiger charge is -2.44. The highest BCUT2D eigenvalue weighted by molar-refractivity contribution is 6.00. The number of aromatic hydroxyl groups is 1. The summed E-state index contributed by atoms with van der Waals surface area (Å²) in [6, 6.07) is 18.3. The van der Waals surface area contributed by atoms with Gasteiger partial charge in [0.25, 0.3) is 5.91 Å². The zero-order valence-electron chi connectivity index (χ0n) is 24.8. The minimum atomic E-state index is -1.37. The number of carbonyl (C=O) groups is 2. The predicted molar refractivity (Wildman–Crippen MR) is 158 cm³/mol. The molecule has 1 aliphatic heterocycles. The quantitative estimate of drug-likeness (QED) is 0.258. The third-order valence-electron chi connectivity index (χ3n) is 7.70. The van der Waals surface area contributed by atoms with Crippen molar-refractivity contribution >= 4 is 11.9 Å². The van der Waals surface area contributed by atoms with Crippen molar-refractivity contribution in [2.45, 2.75) is 83.6 Å². The highest BCUT2D eigenvalue weighted by Crippen LogP contribution is 2.49. The predicted octanol–water partition coefficient (Wildman–Crippen LogP) is 7.02. The molecule has 1 heterocycles. The number of hydrogen-bond donors (Lipinski definition) is 2. The van der Waals surface area contributed by atoms with E-state index in [-0.39, 0.29) is 22.5 Å². The summed E-state index contributed by atoms with van der Waals surface area (Å²) in [6.45, 7) is 14.4. The van der Waals surface area contributed by atoms with Gasteiger partial charge in [-0.3, -0.25) is 4.79 Å². The number of carbonyl (C=O) groups excluding carboxylic acids is 2. The fraction of sp³-hybridized carbons (Fsp3) is 0.412. The monoisotopic (exact) mass is 543 g/mol. The lowest BCUT2D eigenvalue weighted by atomic mass is 9.68. The average molecular weight is 544 g/mol. The van der Waals surface area contributed by atoms with Gasteiger partial charge in [0, 0.05) is 17.0 Å². The van der Waals surface area contributed by atoms with Crippen molar-refractivity contribution in [1.29, 1.82) is 0 Å². The maximum atomic E-state index is 14.0. The van der Waals surface area contributed by atoms with Crippen molar-refractivity contribution in [2.75, 3.05) is 7.11 Å². The molecule has 2 atom stereocenters. The van der Waals surface area contributed by atoms with E-state index in [0.717, 1.165) is 22.3 Å². The van der Waals surface area contributed by atoms with E-state index in [1.54, 1.807) is 37.4 Å². The Hall–Kier alpha value is -3.80. The van der Waals surface area contributed by atoms with E-state index in [1.807, 2.05) is 37.3 Å². The Bertz CT molecular complexity index is 1380. The van der Waals surface area contributed by atoms with Crippen molar-refractivity contribution in [3.05, 3.63) is 88.5 Å². The maximum Gasteiger partial charge on any atom is 0.338 e. The van der Waals surface area contributed by atoms with Crippen LogP contribution in [0.5, 0.6) is 17.2 Å². The van der Waals surface area contributed by atoms with Gasteiger partial charge < -0.3 is 19.9 Å². The number of rotatable bonds is 6. The van der Waals surface area contributed by atoms with Crippen LogP contribution in [0.15, 0.2) is 60.7 Å². The average Bonchev–Trinajstić information content (AvgIpc) is 2.88. The third kappa shape index (κ3) is 5.32. The number of phenolic OH excluding ortho intramolecular Hbond substituents is 1. The summed E-state index contributed by atoms with van der Waals surface area (Å²) in [6.07, 6.45) is 0.996. The molecule has 1 aliphatic rings. The van der Waals surface area contributed by atoms with Gasteiger partial charge in [0.15, 0.2) is 0 Å². The molecule has 1 amide bonds. The van der Waals surface area contributed by atoms with Gasteiger partial charge in [-0.1, -0.05) is 85.2 Å². The van der Waals surface area contributed by atoms with Gasteiger partial charge in [-0.15, -0.1) is 0 Å². The van der Waals surface area contributed by atoms with E-state index < -0.39 is 17.4 Å². The molecule has 6 nitrogen and oxygen atoms in total. The molecule has 2 N–H and O–H groups in total. The second-order valence-corrected chi connectivity index (χ2v) is 12.7. The number of para-hydroxylation sites is 1. The van der Waals surface area contributed by atoms with Crippen LogP contribution in [0.2, 0.25) is 0 Å². The summed E-state index contributed by atoms with van der Waals surface area (Å²) in [7, 11) is 1.57. The topological polar surface area (TPSA) is 84.9 Å². The lowest BCUT2D eigenvalue weighted by Crippen LogP contribution is -2.62. The molecule has 0 saturated heterocycles. The van der Waals surface area contributed by atoms with E-state index in [9.17, 15) is 14.7 Å². The van der Waals surface area contributed by atoms with E-state index in [0.29, 0.717) is 29.9 Å². The molecule has 0 fully saturated rings. The number of fused-ring (bicyclic) bond motifs is 1. The molecule has 0 spiro atoms. The molecule has 40 heavy (non-hydrogen) atoms. The SMILES string of the molecule is CCC[C@]1(NC(=O)c2ccc(OC)cc2)C(=O)Oc2ccccc2[C@@H]1c1cc(C(C)(C)C)c(O)c(C(C)(C)C)c1. The Labute approximate surface area is 237 Å². The molecule has 0 bridgehead atoms. The highest BCUT2D eigenvalue weighted by Gasteiger charge is 2.53. The van der Waals surface area contributed by atoms with Crippen LogP contribution in [0, 0.1) is 0 Å². The van der Waals surface area contributed by atoms with Gasteiger partial charge in [0.2, 0.25) is 0 Å². The number of benzene rings is 3. The molecule has 0 aromatic heterocycles. The highest BCUT2D eigenvalue weighted by atomic mass is 16.5. The van der Waals surface area contributed by atoms with Gasteiger partial charge >= 0.3 is 5.97 Å². The minimum absolute atomic E-state index is 0.263. The van der Waals surface area contributed by atoms with Crippen molar-refractivity contribution in [3.63, 3.8) is 0 Å². The molecule has 0 radical (unpaired) electrons. The van der Waals surface area contributed by atoms with Crippen molar-refractivity contribution in [1.82, 2.24) is 5.32 Å². The van der Waals surface area contributed by atoms with Gasteiger partial charge in [-0.05, 0) is 64.3 Å². The number of amides is 1. The normalized spacial score (nSPS) is 19.0. The van der Waals surface area contributed by atoms with Crippen LogP contribution in [0.4, 0.5) is 0 Å². The van der Waals surface area contributed by atoms with Gasteiger partial charge in [-0.25, -0.2) is 4.79 Å². The van der Waals surface area contributed by atoms with E-state index >= 15 is 0 Å². The molecule has 0 saturated carbocycles. The first-order valence-electron chi connectivity index (χ1n) is 13.9. The molecular weight excluding hydrogens is 502 g/mol. The molecular formula is C34H41NO5. The molecule has 6 heteroatoms. The summed E-state index contributed by atoms with van der Waals surface area (Å²) in [5.74, 6) is -0.0394. The number of esters is 1. The van der Waals surface area contributed by atoms with E-state index in [4.69, 9.17) is 9.47 Å². The molecule has 4 rings (SSSR count). The van der Waals surface area contributed by atoms with Crippen LogP contribution in [0.1, 0.15) is 99.8 Å².